The number of carbonyl (C=O) groups is 1. The molecule has 1 atom stereocenters. The van der Waals surface area contributed by atoms with Crippen LogP contribution in [0.25, 0.3) is 0 Å². The fourth-order valence-corrected chi connectivity index (χ4v) is 3.47. The van der Waals surface area contributed by atoms with Crippen molar-refractivity contribution in [2.75, 3.05) is 18.8 Å². The van der Waals surface area contributed by atoms with Gasteiger partial charge in [0.2, 0.25) is 5.91 Å². The minimum absolute atomic E-state index is 0.309. The number of amides is 1. The van der Waals surface area contributed by atoms with E-state index in [1.54, 1.807) is 0 Å². The van der Waals surface area contributed by atoms with Crippen LogP contribution in [0.15, 0.2) is 5.38 Å². The summed E-state index contributed by atoms with van der Waals surface area (Å²) in [6.07, 6.45) is 5.60. The van der Waals surface area contributed by atoms with Gasteiger partial charge >= 0.3 is 0 Å². The van der Waals surface area contributed by atoms with E-state index in [4.69, 9.17) is 5.73 Å². The number of aromatic nitrogens is 1. The molecule has 1 saturated heterocycles. The Balaban J connectivity index is 1.66. The summed E-state index contributed by atoms with van der Waals surface area (Å²) in [5, 5.41) is 2.67. The molecule has 1 aliphatic heterocycles. The Morgan fingerprint density at radius 2 is 2.22 bits per heavy atom. The van der Waals surface area contributed by atoms with Gasteiger partial charge in [-0.25, -0.2) is 4.98 Å². The highest BCUT2D eigenvalue weighted by Crippen LogP contribution is 2.33. The molecule has 98 valence electrons. The molecular weight excluding hydrogens is 246 g/mol. The third kappa shape index (κ3) is 2.23. The van der Waals surface area contributed by atoms with Crippen molar-refractivity contribution in [2.24, 2.45) is 5.92 Å². The molecule has 0 bridgehead atoms. The van der Waals surface area contributed by atoms with Crippen LogP contribution in [0, 0.1) is 5.92 Å². The number of piperidine rings is 1. The summed E-state index contributed by atoms with van der Waals surface area (Å²) in [5.41, 5.74) is 6.76. The van der Waals surface area contributed by atoms with E-state index in [0.29, 0.717) is 22.9 Å². The fraction of sp³-hybridized carbons (Fsp3) is 0.692. The van der Waals surface area contributed by atoms with Gasteiger partial charge in [-0.1, -0.05) is 6.42 Å². The van der Waals surface area contributed by atoms with Crippen LogP contribution >= 0.6 is 11.3 Å². The fourth-order valence-electron chi connectivity index (χ4n) is 2.82. The van der Waals surface area contributed by atoms with Crippen molar-refractivity contribution < 1.29 is 4.79 Å². The van der Waals surface area contributed by atoms with E-state index in [0.717, 1.165) is 44.5 Å². The second-order valence-corrected chi connectivity index (χ2v) is 6.25. The number of thiazole rings is 1. The Bertz CT molecular complexity index is 441. The molecule has 1 aromatic heterocycles. The van der Waals surface area contributed by atoms with Crippen molar-refractivity contribution in [1.82, 2.24) is 9.88 Å². The molecule has 18 heavy (non-hydrogen) atoms. The monoisotopic (exact) mass is 265 g/mol. The summed E-state index contributed by atoms with van der Waals surface area (Å²) >= 11 is 1.49. The Morgan fingerprint density at radius 3 is 2.83 bits per heavy atom. The molecule has 0 aromatic carbocycles. The second kappa shape index (κ2) is 4.88. The second-order valence-electron chi connectivity index (χ2n) is 5.36. The van der Waals surface area contributed by atoms with Crippen molar-refractivity contribution in [1.29, 1.82) is 0 Å². The number of carbonyl (C=O) groups excluding carboxylic acids is 1. The average molecular weight is 265 g/mol. The summed E-state index contributed by atoms with van der Waals surface area (Å²) in [6.45, 7) is 1.75. The molecule has 3 rings (SSSR count). The zero-order valence-electron chi connectivity index (χ0n) is 10.5. The molecule has 5 heteroatoms. The van der Waals surface area contributed by atoms with Gasteiger partial charge in [-0.2, -0.15) is 0 Å². The quantitative estimate of drug-likeness (QED) is 0.892. The molecule has 1 amide bonds. The van der Waals surface area contributed by atoms with Crippen LogP contribution < -0.4 is 5.73 Å². The first-order valence-corrected chi connectivity index (χ1v) is 7.61. The molecule has 1 aliphatic carbocycles. The van der Waals surface area contributed by atoms with E-state index in [-0.39, 0.29) is 0 Å². The molecule has 2 aliphatic rings. The third-order valence-electron chi connectivity index (χ3n) is 4.15. The lowest BCUT2D eigenvalue weighted by atomic mass is 9.83. The van der Waals surface area contributed by atoms with E-state index in [2.05, 4.69) is 4.98 Å². The minimum Gasteiger partial charge on any atom is -0.375 e. The van der Waals surface area contributed by atoms with E-state index < -0.39 is 0 Å². The Kier molecular flexibility index (Phi) is 3.24. The van der Waals surface area contributed by atoms with Gasteiger partial charge in [0.15, 0.2) is 5.13 Å². The Morgan fingerprint density at radius 1 is 1.39 bits per heavy atom. The van der Waals surface area contributed by atoms with E-state index in [9.17, 15) is 4.79 Å². The zero-order chi connectivity index (χ0) is 12.5. The smallest absolute Gasteiger partial charge is 0.225 e. The van der Waals surface area contributed by atoms with Crippen molar-refractivity contribution in [2.45, 2.75) is 38.0 Å². The van der Waals surface area contributed by atoms with Gasteiger partial charge in [0.1, 0.15) is 0 Å². The van der Waals surface area contributed by atoms with Crippen molar-refractivity contribution in [3.8, 4) is 0 Å². The average Bonchev–Trinajstić information content (AvgIpc) is 2.74. The standard InChI is InChI=1S/C13H19N3OS/c14-13-15-11(8-18-13)10-5-2-6-16(7-10)12(17)9-3-1-4-9/h8-10H,1-7H2,(H2,14,15)/t10-/m0/s1. The highest BCUT2D eigenvalue weighted by atomic mass is 32.1. The van der Waals surface area contributed by atoms with Gasteiger partial charge in [0, 0.05) is 30.3 Å². The Hall–Kier alpha value is -1.10. The predicted octanol–water partition coefficient (Wildman–Crippen LogP) is 2.23. The van der Waals surface area contributed by atoms with Crippen molar-refractivity contribution in [3.05, 3.63) is 11.1 Å². The molecule has 2 heterocycles. The lowest BCUT2D eigenvalue weighted by Crippen LogP contribution is -2.44. The number of likely N-dealkylation sites (tertiary alicyclic amines) is 1. The molecule has 0 unspecified atom stereocenters. The van der Waals surface area contributed by atoms with Crippen LogP contribution in [0.3, 0.4) is 0 Å². The van der Waals surface area contributed by atoms with Gasteiger partial charge in [0.25, 0.3) is 0 Å². The topological polar surface area (TPSA) is 59.2 Å². The first kappa shape index (κ1) is 12.0. The molecule has 0 radical (unpaired) electrons. The Labute approximate surface area is 111 Å². The summed E-state index contributed by atoms with van der Waals surface area (Å²) < 4.78 is 0. The number of nitrogen functional groups attached to an aromatic ring is 1. The number of hydrogen-bond donors (Lipinski definition) is 1. The van der Waals surface area contributed by atoms with Crippen LogP contribution in [0.1, 0.15) is 43.7 Å². The normalized spacial score (nSPS) is 24.9. The van der Waals surface area contributed by atoms with E-state index in [1.807, 2.05) is 10.3 Å². The molecule has 2 N–H and O–H groups in total. The van der Waals surface area contributed by atoms with Crippen molar-refractivity contribution in [3.63, 3.8) is 0 Å². The summed E-state index contributed by atoms with van der Waals surface area (Å²) in [5.74, 6) is 1.06. The van der Waals surface area contributed by atoms with Crippen LogP contribution in [-0.2, 0) is 4.79 Å². The first-order valence-electron chi connectivity index (χ1n) is 6.73. The number of nitrogens with two attached hydrogens (primary N) is 1. The van der Waals surface area contributed by atoms with Crippen LogP contribution in [0.5, 0.6) is 0 Å². The molecule has 4 nitrogen and oxygen atoms in total. The number of anilines is 1. The van der Waals surface area contributed by atoms with E-state index in [1.165, 1.54) is 17.8 Å². The summed E-state index contributed by atoms with van der Waals surface area (Å²) in [6, 6.07) is 0. The molecule has 0 spiro atoms. The number of rotatable bonds is 2. The van der Waals surface area contributed by atoms with Crippen LogP contribution in [0.2, 0.25) is 0 Å². The SMILES string of the molecule is Nc1nc([C@H]2CCCN(C(=O)C3CCC3)C2)cs1. The minimum atomic E-state index is 0.309. The maximum atomic E-state index is 12.2. The van der Waals surface area contributed by atoms with Gasteiger partial charge in [-0.3, -0.25) is 4.79 Å². The lowest BCUT2D eigenvalue weighted by Gasteiger charge is -2.36. The molecule has 2 fully saturated rings. The predicted molar refractivity (Wildman–Crippen MR) is 72.4 cm³/mol. The molecule has 1 aromatic rings. The van der Waals surface area contributed by atoms with Crippen LogP contribution in [-0.4, -0.2) is 28.9 Å². The van der Waals surface area contributed by atoms with E-state index >= 15 is 0 Å². The first-order chi connectivity index (χ1) is 8.74. The summed E-state index contributed by atoms with van der Waals surface area (Å²) in [4.78, 5) is 18.7. The lowest BCUT2D eigenvalue weighted by molar-refractivity contribution is -0.139. The maximum Gasteiger partial charge on any atom is 0.225 e. The zero-order valence-corrected chi connectivity index (χ0v) is 11.3. The van der Waals surface area contributed by atoms with Crippen LogP contribution in [0.4, 0.5) is 5.13 Å². The third-order valence-corrected chi connectivity index (χ3v) is 4.84. The largest absolute Gasteiger partial charge is 0.375 e. The van der Waals surface area contributed by atoms with Gasteiger partial charge in [0.05, 0.1) is 5.69 Å². The van der Waals surface area contributed by atoms with Gasteiger partial charge < -0.3 is 10.6 Å². The highest BCUT2D eigenvalue weighted by molar-refractivity contribution is 7.13. The molecular formula is C13H19N3OS. The number of nitrogens with zero attached hydrogens (tertiary/aromatic N) is 2. The van der Waals surface area contributed by atoms with Gasteiger partial charge in [-0.05, 0) is 25.7 Å². The maximum absolute atomic E-state index is 12.2. The molecule has 1 saturated carbocycles. The number of hydrogen-bond acceptors (Lipinski definition) is 4. The van der Waals surface area contributed by atoms with Gasteiger partial charge in [-0.15, -0.1) is 11.3 Å². The van der Waals surface area contributed by atoms with Crippen molar-refractivity contribution >= 4 is 22.4 Å². The summed E-state index contributed by atoms with van der Waals surface area (Å²) in [7, 11) is 0. The highest BCUT2D eigenvalue weighted by Gasteiger charge is 2.32.